The van der Waals surface area contributed by atoms with Gasteiger partial charge in [0.25, 0.3) is 5.69 Å². The number of hydrogen-bond acceptors (Lipinski definition) is 4. The van der Waals surface area contributed by atoms with E-state index in [2.05, 4.69) is 45.1 Å². The number of hydrogen-bond donors (Lipinski definition) is 1. The number of likely N-dealkylation sites (N-methyl/N-ethyl adjacent to an activating group) is 1. The molecule has 1 aromatic carbocycles. The van der Waals surface area contributed by atoms with Crippen LogP contribution in [0.25, 0.3) is 0 Å². The Hall–Kier alpha value is -1.46. The highest BCUT2D eigenvalue weighted by molar-refractivity contribution is 5.34. The van der Waals surface area contributed by atoms with Crippen molar-refractivity contribution < 1.29 is 4.92 Å². The molecule has 2 unspecified atom stereocenters. The highest BCUT2D eigenvalue weighted by Crippen LogP contribution is 2.19. The number of nitro benzene ring substituents is 1. The smallest absolute Gasteiger partial charge is 0.269 e. The normalized spacial score (nSPS) is 14.4. The maximum Gasteiger partial charge on any atom is 0.269 e. The molecule has 1 rings (SSSR count). The number of non-ortho nitro benzene ring substituents is 1. The second-order valence-electron chi connectivity index (χ2n) is 6.33. The molecule has 0 aliphatic rings. The summed E-state index contributed by atoms with van der Waals surface area (Å²) in [6, 6.07) is 7.38. The Labute approximate surface area is 127 Å². The Morgan fingerprint density at radius 2 is 1.76 bits per heavy atom. The molecule has 21 heavy (non-hydrogen) atoms. The van der Waals surface area contributed by atoms with E-state index in [-0.39, 0.29) is 16.7 Å². The molecule has 0 aromatic heterocycles. The predicted octanol–water partition coefficient (Wildman–Crippen LogP) is 3.22. The minimum absolute atomic E-state index is 0.137. The zero-order valence-corrected chi connectivity index (χ0v) is 13.7. The quantitative estimate of drug-likeness (QED) is 0.590. The summed E-state index contributed by atoms with van der Waals surface area (Å²) in [5, 5.41) is 14.3. The van der Waals surface area contributed by atoms with Gasteiger partial charge in [0, 0.05) is 30.8 Å². The van der Waals surface area contributed by atoms with E-state index >= 15 is 0 Å². The van der Waals surface area contributed by atoms with Crippen molar-refractivity contribution in [1.82, 2.24) is 10.2 Å². The standard InChI is InChI=1S/C16H27N3O2/c1-12(2)10-15(11-18(4)5)17-13(3)14-6-8-16(9-7-14)19(20)21/h6-9,12-13,15,17H,10-11H2,1-5H3. The molecule has 0 aliphatic carbocycles. The Bertz CT molecular complexity index is 433. The summed E-state index contributed by atoms with van der Waals surface area (Å²) in [5.41, 5.74) is 1.21. The lowest BCUT2D eigenvalue weighted by Gasteiger charge is -2.27. The fourth-order valence-corrected chi connectivity index (χ4v) is 2.54. The maximum atomic E-state index is 10.7. The molecule has 0 amide bonds. The van der Waals surface area contributed by atoms with Gasteiger partial charge in [-0.25, -0.2) is 0 Å². The van der Waals surface area contributed by atoms with Crippen LogP contribution in [-0.2, 0) is 0 Å². The van der Waals surface area contributed by atoms with Crippen LogP contribution in [0.5, 0.6) is 0 Å². The maximum absolute atomic E-state index is 10.7. The third kappa shape index (κ3) is 6.23. The van der Waals surface area contributed by atoms with Gasteiger partial charge in [0.1, 0.15) is 0 Å². The van der Waals surface area contributed by atoms with Crippen LogP contribution >= 0.6 is 0 Å². The number of nitro groups is 1. The Morgan fingerprint density at radius 1 is 1.19 bits per heavy atom. The van der Waals surface area contributed by atoms with E-state index in [1.165, 1.54) is 0 Å². The van der Waals surface area contributed by atoms with Crippen LogP contribution in [0.15, 0.2) is 24.3 Å². The molecular weight excluding hydrogens is 266 g/mol. The lowest BCUT2D eigenvalue weighted by atomic mass is 10.0. The summed E-state index contributed by atoms with van der Waals surface area (Å²) in [4.78, 5) is 12.5. The zero-order valence-electron chi connectivity index (χ0n) is 13.7. The molecule has 0 bridgehead atoms. The van der Waals surface area contributed by atoms with Crippen LogP contribution in [0, 0.1) is 16.0 Å². The Kier molecular flexibility index (Phi) is 6.78. The van der Waals surface area contributed by atoms with E-state index in [4.69, 9.17) is 0 Å². The van der Waals surface area contributed by atoms with Crippen LogP contribution in [0.1, 0.15) is 38.8 Å². The molecule has 0 aliphatic heterocycles. The van der Waals surface area contributed by atoms with Gasteiger partial charge in [-0.1, -0.05) is 26.0 Å². The Morgan fingerprint density at radius 3 is 2.19 bits per heavy atom. The first-order valence-electron chi connectivity index (χ1n) is 7.44. The van der Waals surface area contributed by atoms with E-state index in [1.54, 1.807) is 12.1 Å². The first kappa shape index (κ1) is 17.6. The molecule has 0 spiro atoms. The van der Waals surface area contributed by atoms with Gasteiger partial charge >= 0.3 is 0 Å². The third-order valence-corrected chi connectivity index (χ3v) is 3.43. The van der Waals surface area contributed by atoms with Gasteiger partial charge in [0.2, 0.25) is 0 Å². The van der Waals surface area contributed by atoms with Crippen molar-refractivity contribution in [2.45, 2.75) is 39.3 Å². The van der Waals surface area contributed by atoms with Gasteiger partial charge < -0.3 is 10.2 Å². The topological polar surface area (TPSA) is 58.4 Å². The summed E-state index contributed by atoms with van der Waals surface area (Å²) < 4.78 is 0. The van der Waals surface area contributed by atoms with E-state index in [0.29, 0.717) is 12.0 Å². The van der Waals surface area contributed by atoms with Gasteiger partial charge in [-0.3, -0.25) is 10.1 Å². The van der Waals surface area contributed by atoms with Gasteiger partial charge in [0.15, 0.2) is 0 Å². The van der Waals surface area contributed by atoms with Gasteiger partial charge in [0.05, 0.1) is 4.92 Å². The fourth-order valence-electron chi connectivity index (χ4n) is 2.54. The molecule has 0 fully saturated rings. The van der Waals surface area contributed by atoms with Crippen molar-refractivity contribution >= 4 is 5.69 Å². The van der Waals surface area contributed by atoms with E-state index in [1.807, 2.05) is 12.1 Å². The molecule has 118 valence electrons. The highest BCUT2D eigenvalue weighted by Gasteiger charge is 2.16. The first-order valence-corrected chi connectivity index (χ1v) is 7.44. The van der Waals surface area contributed by atoms with Crippen molar-refractivity contribution in [2.75, 3.05) is 20.6 Å². The second-order valence-corrected chi connectivity index (χ2v) is 6.33. The number of rotatable bonds is 8. The van der Waals surface area contributed by atoms with Crippen molar-refractivity contribution in [3.05, 3.63) is 39.9 Å². The van der Waals surface area contributed by atoms with Crippen LogP contribution in [0.4, 0.5) is 5.69 Å². The first-order chi connectivity index (χ1) is 9.79. The van der Waals surface area contributed by atoms with Crippen molar-refractivity contribution in [1.29, 1.82) is 0 Å². The lowest BCUT2D eigenvalue weighted by Crippen LogP contribution is -2.40. The second kappa shape index (κ2) is 8.10. The van der Waals surface area contributed by atoms with Crippen LogP contribution < -0.4 is 5.32 Å². The predicted molar refractivity (Wildman–Crippen MR) is 86.4 cm³/mol. The molecule has 2 atom stereocenters. The molecule has 0 radical (unpaired) electrons. The summed E-state index contributed by atoms with van der Waals surface area (Å²) in [5.74, 6) is 0.631. The SMILES string of the molecule is CC(C)CC(CN(C)C)NC(C)c1ccc([N+](=O)[O-])cc1. The molecule has 1 N–H and O–H groups in total. The molecule has 5 heteroatoms. The van der Waals surface area contributed by atoms with Crippen molar-refractivity contribution in [3.8, 4) is 0 Å². The zero-order chi connectivity index (χ0) is 16.0. The highest BCUT2D eigenvalue weighted by atomic mass is 16.6. The molecule has 1 aromatic rings. The van der Waals surface area contributed by atoms with Crippen LogP contribution in [0.2, 0.25) is 0 Å². The molecule has 5 nitrogen and oxygen atoms in total. The average molecular weight is 293 g/mol. The molecule has 0 saturated heterocycles. The van der Waals surface area contributed by atoms with E-state index < -0.39 is 0 Å². The number of nitrogens with one attached hydrogen (secondary N) is 1. The monoisotopic (exact) mass is 293 g/mol. The summed E-state index contributed by atoms with van der Waals surface area (Å²) >= 11 is 0. The summed E-state index contributed by atoms with van der Waals surface area (Å²) in [7, 11) is 4.15. The molecular formula is C16H27N3O2. The van der Waals surface area contributed by atoms with E-state index in [9.17, 15) is 10.1 Å². The largest absolute Gasteiger partial charge is 0.308 e. The fraction of sp³-hybridized carbons (Fsp3) is 0.625. The minimum atomic E-state index is -0.366. The lowest BCUT2D eigenvalue weighted by molar-refractivity contribution is -0.384. The minimum Gasteiger partial charge on any atom is -0.308 e. The molecule has 0 heterocycles. The number of nitrogens with zero attached hydrogens (tertiary/aromatic N) is 2. The van der Waals surface area contributed by atoms with Crippen LogP contribution in [-0.4, -0.2) is 36.5 Å². The average Bonchev–Trinajstić information content (AvgIpc) is 2.37. The van der Waals surface area contributed by atoms with E-state index in [0.717, 1.165) is 18.5 Å². The third-order valence-electron chi connectivity index (χ3n) is 3.43. The van der Waals surface area contributed by atoms with Gasteiger partial charge in [-0.05, 0) is 38.9 Å². The van der Waals surface area contributed by atoms with Crippen LogP contribution in [0.3, 0.4) is 0 Å². The van der Waals surface area contributed by atoms with Gasteiger partial charge in [-0.2, -0.15) is 0 Å². The van der Waals surface area contributed by atoms with Crippen molar-refractivity contribution in [3.63, 3.8) is 0 Å². The number of benzene rings is 1. The molecule has 0 saturated carbocycles. The van der Waals surface area contributed by atoms with Gasteiger partial charge in [-0.15, -0.1) is 0 Å². The Balaban J connectivity index is 2.71. The van der Waals surface area contributed by atoms with Crippen molar-refractivity contribution in [2.24, 2.45) is 5.92 Å². The summed E-state index contributed by atoms with van der Waals surface area (Å²) in [6.07, 6.45) is 1.11. The summed E-state index contributed by atoms with van der Waals surface area (Å²) in [6.45, 7) is 7.53.